The fraction of sp³-hybridized carbons (Fsp3) is 0.111. The van der Waals surface area contributed by atoms with Gasteiger partial charge in [-0.3, -0.25) is 0 Å². The quantitative estimate of drug-likeness (QED) is 0.750. The summed E-state index contributed by atoms with van der Waals surface area (Å²) in [5, 5.41) is 0. The maximum absolute atomic E-state index is 5.82. The molecular weight excluding hydrogens is 290 g/mol. The van der Waals surface area contributed by atoms with E-state index >= 15 is 0 Å². The Morgan fingerprint density at radius 3 is 2.77 bits per heavy atom. The average molecular weight is 307 g/mol. The van der Waals surface area contributed by atoms with Crippen LogP contribution in [-0.4, -0.2) is 14.5 Å². The van der Waals surface area contributed by atoms with Gasteiger partial charge in [0.15, 0.2) is 0 Å². The van der Waals surface area contributed by atoms with Gasteiger partial charge in [-0.05, 0) is 18.6 Å². The fourth-order valence-electron chi connectivity index (χ4n) is 2.56. The Hall–Kier alpha value is -2.46. The normalized spacial score (nSPS) is 10.6. The highest BCUT2D eigenvalue weighted by molar-refractivity contribution is 7.80. The Balaban J connectivity index is 1.99. The second kappa shape index (κ2) is 6.12. The van der Waals surface area contributed by atoms with Crippen LogP contribution in [0.2, 0.25) is 0 Å². The summed E-state index contributed by atoms with van der Waals surface area (Å²) < 4.78 is 2.12. The number of nitrogens with two attached hydrogens (primary N) is 1. The van der Waals surface area contributed by atoms with E-state index in [9.17, 15) is 0 Å². The molecule has 4 heteroatoms. The van der Waals surface area contributed by atoms with Crippen LogP contribution < -0.4 is 5.73 Å². The highest BCUT2D eigenvalue weighted by atomic mass is 32.1. The van der Waals surface area contributed by atoms with Gasteiger partial charge in [0.25, 0.3) is 0 Å². The minimum absolute atomic E-state index is 0.424. The van der Waals surface area contributed by atoms with Crippen LogP contribution in [0, 0.1) is 6.92 Å². The van der Waals surface area contributed by atoms with Crippen molar-refractivity contribution in [3.63, 3.8) is 0 Å². The third-order valence-electron chi connectivity index (χ3n) is 3.62. The lowest BCUT2D eigenvalue weighted by Gasteiger charge is -2.12. The van der Waals surface area contributed by atoms with Crippen molar-refractivity contribution in [1.29, 1.82) is 0 Å². The summed E-state index contributed by atoms with van der Waals surface area (Å²) in [4.78, 5) is 4.92. The highest BCUT2D eigenvalue weighted by Gasteiger charge is 2.09. The monoisotopic (exact) mass is 307 g/mol. The zero-order valence-electron chi connectivity index (χ0n) is 12.4. The number of hydrogen-bond acceptors (Lipinski definition) is 2. The van der Waals surface area contributed by atoms with E-state index < -0.39 is 0 Å². The molecule has 0 radical (unpaired) electrons. The number of imidazole rings is 1. The SMILES string of the molecule is Cc1cccc(-c2nccn2Cc2ccccc2C(N)=S)c1. The predicted octanol–water partition coefficient (Wildman–Crippen LogP) is 3.54. The second-order valence-corrected chi connectivity index (χ2v) is 5.71. The first-order valence-corrected chi connectivity index (χ1v) is 7.52. The van der Waals surface area contributed by atoms with Gasteiger partial charge in [-0.2, -0.15) is 0 Å². The first-order valence-electron chi connectivity index (χ1n) is 7.11. The van der Waals surface area contributed by atoms with Crippen molar-refractivity contribution in [2.24, 2.45) is 5.73 Å². The zero-order valence-corrected chi connectivity index (χ0v) is 13.2. The molecule has 22 heavy (non-hydrogen) atoms. The van der Waals surface area contributed by atoms with Gasteiger partial charge < -0.3 is 10.3 Å². The first-order chi connectivity index (χ1) is 10.6. The Morgan fingerprint density at radius 2 is 2.00 bits per heavy atom. The number of hydrogen-bond donors (Lipinski definition) is 1. The Bertz CT molecular complexity index is 820. The van der Waals surface area contributed by atoms with E-state index in [1.807, 2.05) is 36.7 Å². The third kappa shape index (κ3) is 2.92. The van der Waals surface area contributed by atoms with Crippen LogP contribution in [0.15, 0.2) is 60.9 Å². The van der Waals surface area contributed by atoms with Gasteiger partial charge in [-0.15, -0.1) is 0 Å². The Morgan fingerprint density at radius 1 is 1.18 bits per heavy atom. The lowest BCUT2D eigenvalue weighted by molar-refractivity contribution is 0.805. The van der Waals surface area contributed by atoms with Gasteiger partial charge in [-0.1, -0.05) is 60.2 Å². The number of aryl methyl sites for hydroxylation is 1. The van der Waals surface area contributed by atoms with Crippen molar-refractivity contribution in [3.05, 3.63) is 77.6 Å². The molecule has 0 aliphatic carbocycles. The van der Waals surface area contributed by atoms with Crippen LogP contribution in [0.5, 0.6) is 0 Å². The van der Waals surface area contributed by atoms with Crippen LogP contribution >= 0.6 is 12.2 Å². The summed E-state index contributed by atoms with van der Waals surface area (Å²) in [5.74, 6) is 0.946. The molecule has 110 valence electrons. The molecule has 3 rings (SSSR count). The summed E-state index contributed by atoms with van der Waals surface area (Å²) in [5.41, 5.74) is 10.2. The summed E-state index contributed by atoms with van der Waals surface area (Å²) in [6.45, 7) is 2.77. The lowest BCUT2D eigenvalue weighted by Crippen LogP contribution is -2.14. The number of thiocarbonyl (C=S) groups is 1. The van der Waals surface area contributed by atoms with Crippen molar-refractivity contribution >= 4 is 17.2 Å². The molecule has 0 aliphatic rings. The van der Waals surface area contributed by atoms with Gasteiger partial charge in [0, 0.05) is 30.1 Å². The number of rotatable bonds is 4. The second-order valence-electron chi connectivity index (χ2n) is 5.27. The number of nitrogens with zero attached hydrogens (tertiary/aromatic N) is 2. The molecule has 1 heterocycles. The van der Waals surface area contributed by atoms with E-state index in [2.05, 4.69) is 40.7 Å². The number of benzene rings is 2. The molecule has 0 bridgehead atoms. The van der Waals surface area contributed by atoms with Crippen molar-refractivity contribution in [1.82, 2.24) is 9.55 Å². The largest absolute Gasteiger partial charge is 0.389 e. The predicted molar refractivity (Wildman–Crippen MR) is 93.8 cm³/mol. The van der Waals surface area contributed by atoms with E-state index in [-0.39, 0.29) is 0 Å². The molecule has 0 saturated heterocycles. The van der Waals surface area contributed by atoms with E-state index in [1.165, 1.54) is 5.56 Å². The van der Waals surface area contributed by atoms with Crippen molar-refractivity contribution in [2.75, 3.05) is 0 Å². The smallest absolute Gasteiger partial charge is 0.140 e. The summed E-state index contributed by atoms with van der Waals surface area (Å²) in [6, 6.07) is 16.3. The molecule has 1 aromatic heterocycles. The summed E-state index contributed by atoms with van der Waals surface area (Å²) in [6.07, 6.45) is 3.80. The average Bonchev–Trinajstić information content (AvgIpc) is 2.96. The van der Waals surface area contributed by atoms with E-state index in [1.54, 1.807) is 0 Å². The topological polar surface area (TPSA) is 43.8 Å². The van der Waals surface area contributed by atoms with Crippen molar-refractivity contribution < 1.29 is 0 Å². The minimum Gasteiger partial charge on any atom is -0.389 e. The molecule has 2 N–H and O–H groups in total. The van der Waals surface area contributed by atoms with Crippen LogP contribution in [0.3, 0.4) is 0 Å². The Labute approximate surface area is 135 Å². The molecule has 0 spiro atoms. The maximum Gasteiger partial charge on any atom is 0.140 e. The fourth-order valence-corrected chi connectivity index (χ4v) is 2.76. The maximum atomic E-state index is 5.82. The molecule has 3 nitrogen and oxygen atoms in total. The standard InChI is InChI=1S/C18H17N3S/c1-13-5-4-7-14(11-13)18-20-9-10-21(18)12-15-6-2-3-8-16(15)17(19)22/h2-11H,12H2,1H3,(H2,19,22). The molecular formula is C18H17N3S. The van der Waals surface area contributed by atoms with Crippen molar-refractivity contribution in [3.8, 4) is 11.4 Å². The van der Waals surface area contributed by atoms with Gasteiger partial charge >= 0.3 is 0 Å². The zero-order chi connectivity index (χ0) is 15.5. The van der Waals surface area contributed by atoms with Crippen LogP contribution in [0.4, 0.5) is 0 Å². The number of aromatic nitrogens is 2. The van der Waals surface area contributed by atoms with E-state index in [0.29, 0.717) is 11.5 Å². The van der Waals surface area contributed by atoms with Gasteiger partial charge in [0.1, 0.15) is 10.8 Å². The van der Waals surface area contributed by atoms with Gasteiger partial charge in [0.05, 0.1) is 0 Å². The summed E-state index contributed by atoms with van der Waals surface area (Å²) >= 11 is 5.14. The lowest BCUT2D eigenvalue weighted by atomic mass is 10.1. The molecule has 0 fully saturated rings. The van der Waals surface area contributed by atoms with Crippen LogP contribution in [0.25, 0.3) is 11.4 Å². The van der Waals surface area contributed by atoms with Crippen LogP contribution in [0.1, 0.15) is 16.7 Å². The summed E-state index contributed by atoms with van der Waals surface area (Å²) in [7, 11) is 0. The molecule has 2 aromatic carbocycles. The third-order valence-corrected chi connectivity index (χ3v) is 3.84. The van der Waals surface area contributed by atoms with Gasteiger partial charge in [0.2, 0.25) is 0 Å². The molecule has 3 aromatic rings. The molecule has 0 saturated carbocycles. The molecule has 0 atom stereocenters. The van der Waals surface area contributed by atoms with E-state index in [0.717, 1.165) is 22.5 Å². The van der Waals surface area contributed by atoms with E-state index in [4.69, 9.17) is 18.0 Å². The van der Waals surface area contributed by atoms with Crippen molar-refractivity contribution in [2.45, 2.75) is 13.5 Å². The minimum atomic E-state index is 0.424. The van der Waals surface area contributed by atoms with Crippen LogP contribution in [-0.2, 0) is 6.54 Å². The Kier molecular flexibility index (Phi) is 4.02. The first kappa shape index (κ1) is 14.5. The molecule has 0 unspecified atom stereocenters. The molecule has 0 amide bonds. The molecule has 0 aliphatic heterocycles. The van der Waals surface area contributed by atoms with Gasteiger partial charge in [-0.25, -0.2) is 4.98 Å². The highest BCUT2D eigenvalue weighted by Crippen LogP contribution is 2.20.